The summed E-state index contributed by atoms with van der Waals surface area (Å²) in [5, 5.41) is 59.7. The molecule has 0 aromatic heterocycles. The molecule has 1 aliphatic carbocycles. The zero-order chi connectivity index (χ0) is 45.9. The van der Waals surface area contributed by atoms with Crippen molar-refractivity contribution in [1.29, 1.82) is 0 Å². The van der Waals surface area contributed by atoms with Crippen LogP contribution in [0.2, 0.25) is 0 Å². The largest absolute Gasteiger partial charge is 0.472 e. The number of hydrogen-bond donors (Lipinski definition) is 7. The topological polar surface area (TPSA) is 230 Å². The van der Waals surface area contributed by atoms with Gasteiger partial charge in [-0.15, -0.1) is 0 Å². The normalized spacial score (nSPS) is 23.0. The third-order valence-corrected chi connectivity index (χ3v) is 11.2. The summed E-state index contributed by atoms with van der Waals surface area (Å²) in [4.78, 5) is 35.7. The van der Waals surface area contributed by atoms with Gasteiger partial charge in [-0.2, -0.15) is 0 Å². The lowest BCUT2D eigenvalue weighted by Gasteiger charge is -2.41. The third kappa shape index (κ3) is 28.8. The molecule has 3 unspecified atom stereocenters. The van der Waals surface area contributed by atoms with Gasteiger partial charge in [0.25, 0.3) is 0 Å². The predicted molar refractivity (Wildman–Crippen MR) is 241 cm³/mol. The third-order valence-electron chi connectivity index (χ3n) is 10.2. The Hall–Kier alpha value is -2.75. The van der Waals surface area contributed by atoms with Crippen LogP contribution in [0.1, 0.15) is 149 Å². The summed E-state index contributed by atoms with van der Waals surface area (Å²) < 4.78 is 33.4. The highest BCUT2D eigenvalue weighted by Crippen LogP contribution is 2.47. The predicted octanol–water partition coefficient (Wildman–Crippen LogP) is 7.69. The van der Waals surface area contributed by atoms with E-state index in [0.717, 1.165) is 83.5 Å². The molecule has 0 spiro atoms. The molecule has 1 saturated carbocycles. The summed E-state index contributed by atoms with van der Waals surface area (Å²) in [7, 11) is -5.15. The Morgan fingerprint density at radius 3 is 1.56 bits per heavy atom. The van der Waals surface area contributed by atoms with Crippen LogP contribution in [-0.2, 0) is 32.7 Å². The Bertz CT molecular complexity index is 1380. The van der Waals surface area contributed by atoms with Crippen LogP contribution >= 0.6 is 7.82 Å². The van der Waals surface area contributed by atoms with Crippen molar-refractivity contribution in [3.63, 3.8) is 0 Å². The van der Waals surface area contributed by atoms with Crippen molar-refractivity contribution < 1.29 is 68.2 Å². The maximum Gasteiger partial charge on any atom is 0.472 e. The first kappa shape index (κ1) is 57.3. The highest BCUT2D eigenvalue weighted by atomic mass is 31.2. The molecule has 62 heavy (non-hydrogen) atoms. The molecule has 0 saturated heterocycles. The smallest absolute Gasteiger partial charge is 0.462 e. The summed E-state index contributed by atoms with van der Waals surface area (Å²) in [5.41, 5.74) is 0. The highest BCUT2D eigenvalue weighted by molar-refractivity contribution is 7.47. The van der Waals surface area contributed by atoms with E-state index in [-0.39, 0.29) is 18.9 Å². The molecule has 1 aliphatic rings. The molecule has 0 aromatic rings. The molecule has 356 valence electrons. The van der Waals surface area contributed by atoms with Crippen molar-refractivity contribution >= 4 is 19.8 Å². The van der Waals surface area contributed by atoms with E-state index < -0.39 is 75.7 Å². The minimum Gasteiger partial charge on any atom is -0.462 e. The van der Waals surface area contributed by atoms with Crippen molar-refractivity contribution in [2.45, 2.75) is 198 Å². The molecule has 0 aromatic carbocycles. The SMILES string of the molecule is CCCCC/C=C\C/C=C\CCCCCCCC(=O)OC[C@H](COP(=O)(O)OC1[C@H](O)[C@H](O)C(O)[C@H](O)[C@H]1O)OC(=O)CCC/C=C\C/C=C\C/C=C\C/C=C\CC[C@H](O)CC. The quantitative estimate of drug-likeness (QED) is 0.0138. The Balaban J connectivity index is 2.53. The van der Waals surface area contributed by atoms with Gasteiger partial charge in [0.15, 0.2) is 6.10 Å². The van der Waals surface area contributed by atoms with E-state index in [0.29, 0.717) is 19.3 Å². The lowest BCUT2D eigenvalue weighted by molar-refractivity contribution is -0.220. The molecule has 0 radical (unpaired) electrons. The van der Waals surface area contributed by atoms with Crippen molar-refractivity contribution in [3.05, 3.63) is 72.9 Å². The molecule has 15 heteroatoms. The zero-order valence-corrected chi connectivity index (χ0v) is 38.1. The van der Waals surface area contributed by atoms with Gasteiger partial charge >= 0.3 is 19.8 Å². The Morgan fingerprint density at radius 1 is 0.565 bits per heavy atom. The van der Waals surface area contributed by atoms with Crippen molar-refractivity contribution in [1.82, 2.24) is 0 Å². The first-order valence-electron chi connectivity index (χ1n) is 22.8. The van der Waals surface area contributed by atoms with E-state index >= 15 is 0 Å². The minimum absolute atomic E-state index is 0.000858. The molecule has 0 aliphatic heterocycles. The molecule has 0 amide bonds. The number of phosphoric acid groups is 1. The summed E-state index contributed by atoms with van der Waals surface area (Å²) in [6, 6.07) is 0. The number of carbonyl (C=O) groups is 2. The van der Waals surface area contributed by atoms with Gasteiger partial charge in [0.1, 0.15) is 43.2 Å². The minimum atomic E-state index is -5.15. The number of esters is 2. The maximum absolute atomic E-state index is 12.8. The fourth-order valence-electron chi connectivity index (χ4n) is 6.29. The van der Waals surface area contributed by atoms with Gasteiger partial charge in [0, 0.05) is 12.8 Å². The lowest BCUT2D eigenvalue weighted by atomic mass is 9.85. The van der Waals surface area contributed by atoms with E-state index in [9.17, 15) is 49.7 Å². The lowest BCUT2D eigenvalue weighted by Crippen LogP contribution is -2.64. The van der Waals surface area contributed by atoms with E-state index in [1.165, 1.54) is 19.3 Å². The number of allylic oxidation sites excluding steroid dienone is 12. The molecule has 1 fully saturated rings. The first-order chi connectivity index (χ1) is 29.8. The highest BCUT2D eigenvalue weighted by Gasteiger charge is 2.51. The Morgan fingerprint density at radius 2 is 1.02 bits per heavy atom. The standard InChI is InChI=1S/C47H79O14P/c1-3-5-6-7-8-9-10-11-12-16-19-22-25-28-31-34-40(49)58-36-39(37-59-62(56,57)61-47-45(54)43(52)42(51)44(53)46(47)55)60-41(50)35-32-29-26-23-20-17-14-13-15-18-21-24-27-30-33-38(48)4-2/h8-9,11-12,14-15,17-18,23-24,26-27,38-39,42-48,51-55H,3-7,10,13,16,19-22,25,28-37H2,1-2H3,(H,56,57)/b9-8-,12-11-,17-14-,18-15-,26-23-,27-24-/t38-,39-,42?,43-,44+,45-,46-,47?/m1/s1. The van der Waals surface area contributed by atoms with Crippen molar-refractivity contribution in [2.24, 2.45) is 0 Å². The average Bonchev–Trinajstić information content (AvgIpc) is 3.25. The average molecular weight is 899 g/mol. The van der Waals surface area contributed by atoms with Gasteiger partial charge in [-0.05, 0) is 89.9 Å². The molecule has 0 bridgehead atoms. The number of aliphatic hydroxyl groups excluding tert-OH is 6. The van der Waals surface area contributed by atoms with Gasteiger partial charge in [-0.3, -0.25) is 18.6 Å². The second-order valence-corrected chi connectivity index (χ2v) is 17.1. The van der Waals surface area contributed by atoms with E-state index in [4.69, 9.17) is 18.5 Å². The molecule has 7 N–H and O–H groups in total. The number of phosphoric ester groups is 1. The zero-order valence-electron chi connectivity index (χ0n) is 37.2. The van der Waals surface area contributed by atoms with Gasteiger partial charge in [0.05, 0.1) is 12.7 Å². The summed E-state index contributed by atoms with van der Waals surface area (Å²) >= 11 is 0. The second kappa shape index (κ2) is 36.6. The van der Waals surface area contributed by atoms with Gasteiger partial charge in [-0.1, -0.05) is 119 Å². The monoisotopic (exact) mass is 899 g/mol. The maximum atomic E-state index is 12.8. The molecule has 9 atom stereocenters. The van der Waals surface area contributed by atoms with Crippen LogP contribution in [0.4, 0.5) is 0 Å². The number of carbonyl (C=O) groups excluding carboxylic acids is 2. The van der Waals surface area contributed by atoms with Gasteiger partial charge < -0.3 is 45.0 Å². The molecule has 0 heterocycles. The van der Waals surface area contributed by atoms with Crippen molar-refractivity contribution in [2.75, 3.05) is 13.2 Å². The molecule has 14 nitrogen and oxygen atoms in total. The van der Waals surface area contributed by atoms with E-state index in [1.54, 1.807) is 0 Å². The van der Waals surface area contributed by atoms with Gasteiger partial charge in [0.2, 0.25) is 0 Å². The summed E-state index contributed by atoms with van der Waals surface area (Å²) in [6.07, 6.45) is 29.0. The van der Waals surface area contributed by atoms with Crippen LogP contribution in [0.5, 0.6) is 0 Å². The second-order valence-electron chi connectivity index (χ2n) is 15.7. The van der Waals surface area contributed by atoms with Crippen LogP contribution in [0.15, 0.2) is 72.9 Å². The van der Waals surface area contributed by atoms with Crippen molar-refractivity contribution in [3.8, 4) is 0 Å². The molecular formula is C47H79O14P. The number of ether oxygens (including phenoxy) is 2. The number of rotatable bonds is 36. The van der Waals surface area contributed by atoms with Crippen LogP contribution in [0.3, 0.4) is 0 Å². The fraction of sp³-hybridized carbons (Fsp3) is 0.702. The number of unbranched alkanes of at least 4 members (excludes halogenated alkanes) is 9. The molecule has 1 rings (SSSR count). The van der Waals surface area contributed by atoms with E-state index in [2.05, 4.69) is 61.6 Å². The van der Waals surface area contributed by atoms with E-state index in [1.807, 2.05) is 25.2 Å². The van der Waals surface area contributed by atoms with Crippen LogP contribution in [0, 0.1) is 0 Å². The number of aliphatic hydroxyl groups is 6. The van der Waals surface area contributed by atoms with Crippen LogP contribution < -0.4 is 0 Å². The van der Waals surface area contributed by atoms with Gasteiger partial charge in [-0.25, -0.2) is 4.57 Å². The number of hydrogen-bond acceptors (Lipinski definition) is 13. The summed E-state index contributed by atoms with van der Waals surface area (Å²) in [6.45, 7) is 2.92. The first-order valence-corrected chi connectivity index (χ1v) is 24.3. The molecular weight excluding hydrogens is 819 g/mol. The Labute approximate surface area is 370 Å². The van der Waals surface area contributed by atoms with Crippen LogP contribution in [-0.4, -0.2) is 110 Å². The summed E-state index contributed by atoms with van der Waals surface area (Å²) in [5.74, 6) is -1.21. The fourth-order valence-corrected chi connectivity index (χ4v) is 7.26. The Kier molecular flexibility index (Phi) is 33.8. The van der Waals surface area contributed by atoms with Crippen LogP contribution in [0.25, 0.3) is 0 Å².